The van der Waals surface area contributed by atoms with Gasteiger partial charge in [0.15, 0.2) is 0 Å². The van der Waals surface area contributed by atoms with Crippen LogP contribution in [0.25, 0.3) is 22.4 Å². The van der Waals surface area contributed by atoms with E-state index in [4.69, 9.17) is 0 Å². The van der Waals surface area contributed by atoms with Crippen molar-refractivity contribution in [1.82, 2.24) is 15.1 Å². The number of rotatable bonds is 6. The van der Waals surface area contributed by atoms with Gasteiger partial charge in [-0.15, -0.1) is 0 Å². The predicted octanol–water partition coefficient (Wildman–Crippen LogP) is 2.23. The first-order chi connectivity index (χ1) is 13.9. The molecule has 1 atom stereocenters. The van der Waals surface area contributed by atoms with Crippen LogP contribution in [0.3, 0.4) is 0 Å². The van der Waals surface area contributed by atoms with Gasteiger partial charge in [-0.3, -0.25) is 9.59 Å². The summed E-state index contributed by atoms with van der Waals surface area (Å²) in [5.74, 6) is -2.13. The monoisotopic (exact) mass is 409 g/mol. The summed E-state index contributed by atoms with van der Waals surface area (Å²) in [7, 11) is 1.45. The molecule has 1 unspecified atom stereocenters. The highest BCUT2D eigenvalue weighted by Gasteiger charge is 2.27. The van der Waals surface area contributed by atoms with Crippen molar-refractivity contribution in [2.75, 3.05) is 5.75 Å². The molecule has 148 valence electrons. The summed E-state index contributed by atoms with van der Waals surface area (Å²) >= 11 is 3.97. The van der Waals surface area contributed by atoms with Gasteiger partial charge in [-0.25, -0.2) is 9.48 Å². The third-order valence-electron chi connectivity index (χ3n) is 4.37. The number of amides is 1. The molecule has 8 heteroatoms. The summed E-state index contributed by atoms with van der Waals surface area (Å²) in [4.78, 5) is 37.3. The van der Waals surface area contributed by atoms with E-state index >= 15 is 0 Å². The molecular formula is C21H19N3O4S. The van der Waals surface area contributed by atoms with Crippen molar-refractivity contribution in [1.29, 1.82) is 0 Å². The fourth-order valence-electron chi connectivity index (χ4n) is 2.94. The number of hydrogen-bond donors (Lipinski definition) is 3. The SMILES string of the molecule is Cn1nc(-c2ccccc2)c(-c2ccccc2)c(C(=O)NC(CS)C(=O)O)c1=O. The summed E-state index contributed by atoms with van der Waals surface area (Å²) in [5, 5.41) is 16.0. The molecule has 1 aromatic heterocycles. The zero-order valence-corrected chi connectivity index (χ0v) is 16.5. The largest absolute Gasteiger partial charge is 0.480 e. The summed E-state index contributed by atoms with van der Waals surface area (Å²) < 4.78 is 1.08. The zero-order valence-electron chi connectivity index (χ0n) is 15.6. The van der Waals surface area contributed by atoms with Gasteiger partial charge in [-0.2, -0.15) is 17.7 Å². The van der Waals surface area contributed by atoms with Gasteiger partial charge in [0, 0.05) is 23.9 Å². The number of nitrogens with zero attached hydrogens (tertiary/aromatic N) is 2. The van der Waals surface area contributed by atoms with Crippen molar-refractivity contribution in [3.63, 3.8) is 0 Å². The Morgan fingerprint density at radius 2 is 1.62 bits per heavy atom. The molecule has 7 nitrogen and oxygen atoms in total. The number of carbonyl (C=O) groups excluding carboxylic acids is 1. The maximum atomic E-state index is 13.0. The zero-order chi connectivity index (χ0) is 21.0. The minimum Gasteiger partial charge on any atom is -0.480 e. The van der Waals surface area contributed by atoms with E-state index in [1.54, 1.807) is 24.3 Å². The van der Waals surface area contributed by atoms with Gasteiger partial charge in [0.25, 0.3) is 11.5 Å². The van der Waals surface area contributed by atoms with Crippen molar-refractivity contribution in [3.05, 3.63) is 76.6 Å². The number of carboxylic acids is 1. The van der Waals surface area contributed by atoms with Gasteiger partial charge in [0.2, 0.25) is 0 Å². The lowest BCUT2D eigenvalue weighted by molar-refractivity contribution is -0.138. The first-order valence-corrected chi connectivity index (χ1v) is 9.44. The van der Waals surface area contributed by atoms with E-state index in [9.17, 15) is 19.5 Å². The molecule has 0 bridgehead atoms. The number of carbonyl (C=O) groups is 2. The molecule has 0 spiro atoms. The lowest BCUT2D eigenvalue weighted by Gasteiger charge is -2.17. The Kier molecular flexibility index (Phi) is 6.13. The summed E-state index contributed by atoms with van der Waals surface area (Å²) in [6, 6.07) is 16.9. The Bertz CT molecular complexity index is 1100. The lowest BCUT2D eigenvalue weighted by atomic mass is 9.95. The van der Waals surface area contributed by atoms with Crippen LogP contribution in [-0.4, -0.2) is 38.6 Å². The molecule has 0 saturated heterocycles. The minimum absolute atomic E-state index is 0.112. The van der Waals surface area contributed by atoms with E-state index in [0.29, 0.717) is 16.8 Å². The smallest absolute Gasteiger partial charge is 0.327 e. The molecule has 0 fully saturated rings. The molecule has 0 aliphatic carbocycles. The number of aryl methyl sites for hydroxylation is 1. The average Bonchev–Trinajstić information content (AvgIpc) is 2.74. The van der Waals surface area contributed by atoms with E-state index in [-0.39, 0.29) is 11.3 Å². The second kappa shape index (κ2) is 8.74. The van der Waals surface area contributed by atoms with Gasteiger partial charge in [0.1, 0.15) is 11.6 Å². The van der Waals surface area contributed by atoms with E-state index in [1.165, 1.54) is 7.05 Å². The second-order valence-corrected chi connectivity index (χ2v) is 6.67. The van der Waals surface area contributed by atoms with E-state index in [2.05, 4.69) is 23.0 Å². The van der Waals surface area contributed by atoms with E-state index in [1.807, 2.05) is 36.4 Å². The highest BCUT2D eigenvalue weighted by molar-refractivity contribution is 7.80. The Labute approximate surface area is 172 Å². The molecule has 3 rings (SSSR count). The highest BCUT2D eigenvalue weighted by Crippen LogP contribution is 2.31. The number of nitrogens with one attached hydrogen (secondary N) is 1. The number of aromatic nitrogens is 2. The minimum atomic E-state index is -1.23. The molecule has 0 radical (unpaired) electrons. The van der Waals surface area contributed by atoms with Crippen LogP contribution in [0.15, 0.2) is 65.5 Å². The van der Waals surface area contributed by atoms with Crippen molar-refractivity contribution in [2.45, 2.75) is 6.04 Å². The van der Waals surface area contributed by atoms with Crippen molar-refractivity contribution >= 4 is 24.5 Å². The predicted molar refractivity (Wildman–Crippen MR) is 113 cm³/mol. The number of aliphatic carboxylic acids is 1. The lowest BCUT2D eigenvalue weighted by Crippen LogP contribution is -2.44. The number of hydrogen-bond acceptors (Lipinski definition) is 5. The van der Waals surface area contributed by atoms with Crippen molar-refractivity contribution in [2.24, 2.45) is 7.05 Å². The Morgan fingerprint density at radius 3 is 2.14 bits per heavy atom. The molecule has 29 heavy (non-hydrogen) atoms. The van der Waals surface area contributed by atoms with Crippen LogP contribution < -0.4 is 10.9 Å². The van der Waals surface area contributed by atoms with Gasteiger partial charge in [0.05, 0.1) is 5.69 Å². The Balaban J connectivity index is 2.29. The highest BCUT2D eigenvalue weighted by atomic mass is 32.1. The second-order valence-electron chi connectivity index (χ2n) is 6.31. The van der Waals surface area contributed by atoms with Crippen LogP contribution >= 0.6 is 12.6 Å². The van der Waals surface area contributed by atoms with E-state index < -0.39 is 23.5 Å². The number of thiol groups is 1. The third kappa shape index (κ3) is 4.22. The van der Waals surface area contributed by atoms with Crippen LogP contribution in [0.1, 0.15) is 10.4 Å². The Morgan fingerprint density at radius 1 is 1.07 bits per heavy atom. The fraction of sp³-hybridized carbons (Fsp3) is 0.143. The number of carboxylic acid groups (broad SMARTS) is 1. The van der Waals surface area contributed by atoms with E-state index in [0.717, 1.165) is 10.2 Å². The molecule has 2 N–H and O–H groups in total. The van der Waals surface area contributed by atoms with Crippen LogP contribution in [0, 0.1) is 0 Å². The molecule has 1 heterocycles. The standard InChI is InChI=1S/C21H19N3O4S/c1-24-20(26)17(19(25)22-15(12-29)21(27)28)16(13-8-4-2-5-9-13)18(23-24)14-10-6-3-7-11-14/h2-11,15,29H,12H2,1H3,(H,22,25)(H,27,28). The first-order valence-electron chi connectivity index (χ1n) is 8.80. The maximum Gasteiger partial charge on any atom is 0.327 e. The molecule has 0 aliphatic heterocycles. The van der Waals surface area contributed by atoms with Crippen LogP contribution in [0.2, 0.25) is 0 Å². The van der Waals surface area contributed by atoms with Gasteiger partial charge in [-0.05, 0) is 5.56 Å². The molecule has 0 aliphatic rings. The topological polar surface area (TPSA) is 101 Å². The van der Waals surface area contributed by atoms with Gasteiger partial charge in [-0.1, -0.05) is 60.7 Å². The Hall–Kier alpha value is -3.39. The molecule has 3 aromatic rings. The summed E-state index contributed by atoms with van der Waals surface area (Å²) in [6.45, 7) is 0. The maximum absolute atomic E-state index is 13.0. The summed E-state index contributed by atoms with van der Waals surface area (Å²) in [6.07, 6.45) is 0. The van der Waals surface area contributed by atoms with Gasteiger partial charge < -0.3 is 10.4 Å². The van der Waals surface area contributed by atoms with Crippen LogP contribution in [0.5, 0.6) is 0 Å². The molecule has 2 aromatic carbocycles. The fourth-order valence-corrected chi connectivity index (χ4v) is 3.19. The quantitative estimate of drug-likeness (QED) is 0.542. The van der Waals surface area contributed by atoms with Gasteiger partial charge >= 0.3 is 5.97 Å². The van der Waals surface area contributed by atoms with Crippen LogP contribution in [0.4, 0.5) is 0 Å². The first kappa shape index (κ1) is 20.3. The summed E-state index contributed by atoms with van der Waals surface area (Å²) in [5.41, 5.74) is 1.35. The van der Waals surface area contributed by atoms with Crippen LogP contribution in [-0.2, 0) is 11.8 Å². The van der Waals surface area contributed by atoms with Crippen molar-refractivity contribution in [3.8, 4) is 22.4 Å². The third-order valence-corrected chi connectivity index (χ3v) is 4.73. The van der Waals surface area contributed by atoms with Crippen molar-refractivity contribution < 1.29 is 14.7 Å². The normalized spacial score (nSPS) is 11.7. The molecular weight excluding hydrogens is 390 g/mol. The number of benzene rings is 2. The molecule has 1 amide bonds. The average molecular weight is 409 g/mol. The molecule has 0 saturated carbocycles.